The van der Waals surface area contributed by atoms with Crippen molar-refractivity contribution in [2.24, 2.45) is 5.73 Å². The molecule has 84 valence electrons. The first kappa shape index (κ1) is 11.8. The molecule has 0 aliphatic heterocycles. The average Bonchev–Trinajstić information content (AvgIpc) is 2.71. The lowest BCUT2D eigenvalue weighted by atomic mass is 10.1. The van der Waals surface area contributed by atoms with E-state index < -0.39 is 0 Å². The number of carbonyl (C=O) groups is 1. The van der Waals surface area contributed by atoms with Crippen LogP contribution in [-0.2, 0) is 11.2 Å². The number of hydrogen-bond donors (Lipinski definition) is 2. The number of hydrogen-bond acceptors (Lipinski definition) is 3. The summed E-state index contributed by atoms with van der Waals surface area (Å²) in [6.45, 7) is 2.58. The fourth-order valence-electron chi connectivity index (χ4n) is 1.34. The van der Waals surface area contributed by atoms with Crippen LogP contribution in [0.5, 0.6) is 0 Å². The Hall–Kier alpha value is -1.29. The van der Waals surface area contributed by atoms with E-state index in [0.717, 1.165) is 18.6 Å². The molecule has 0 radical (unpaired) electrons. The topological polar surface area (TPSA) is 68.3 Å². The summed E-state index contributed by atoms with van der Waals surface area (Å²) < 4.78 is 5.14. The van der Waals surface area contributed by atoms with Crippen LogP contribution in [0.2, 0.25) is 0 Å². The van der Waals surface area contributed by atoms with Gasteiger partial charge in [-0.05, 0) is 18.6 Å². The highest BCUT2D eigenvalue weighted by Crippen LogP contribution is 1.99. The Kier molecular flexibility index (Phi) is 4.90. The second-order valence-corrected chi connectivity index (χ2v) is 3.52. The van der Waals surface area contributed by atoms with Crippen LogP contribution in [0.3, 0.4) is 0 Å². The van der Waals surface area contributed by atoms with Gasteiger partial charge < -0.3 is 15.5 Å². The van der Waals surface area contributed by atoms with Crippen LogP contribution in [-0.4, -0.2) is 18.5 Å². The van der Waals surface area contributed by atoms with Gasteiger partial charge in [0, 0.05) is 13.0 Å². The number of amides is 1. The van der Waals surface area contributed by atoms with Gasteiger partial charge in [-0.3, -0.25) is 4.79 Å². The zero-order valence-corrected chi connectivity index (χ0v) is 9.03. The molecule has 1 rings (SSSR count). The Morgan fingerprint density at radius 2 is 2.47 bits per heavy atom. The molecule has 0 bridgehead atoms. The molecule has 0 aromatic carbocycles. The minimum atomic E-state index is -0.383. The van der Waals surface area contributed by atoms with Crippen molar-refractivity contribution in [3.05, 3.63) is 24.2 Å². The smallest absolute Gasteiger partial charge is 0.236 e. The molecular weight excluding hydrogens is 192 g/mol. The second kappa shape index (κ2) is 6.24. The van der Waals surface area contributed by atoms with Gasteiger partial charge in [-0.2, -0.15) is 0 Å². The predicted octanol–water partition coefficient (Wildman–Crippen LogP) is 1.07. The van der Waals surface area contributed by atoms with Gasteiger partial charge in [0.1, 0.15) is 5.76 Å². The van der Waals surface area contributed by atoms with Crippen LogP contribution in [0, 0.1) is 0 Å². The van der Waals surface area contributed by atoms with Crippen molar-refractivity contribution < 1.29 is 9.21 Å². The maximum atomic E-state index is 11.4. The lowest BCUT2D eigenvalue weighted by Gasteiger charge is -2.10. The zero-order chi connectivity index (χ0) is 11.1. The van der Waals surface area contributed by atoms with E-state index in [1.165, 1.54) is 0 Å². The predicted molar refractivity (Wildman–Crippen MR) is 58.3 cm³/mol. The van der Waals surface area contributed by atoms with E-state index in [-0.39, 0.29) is 11.9 Å². The molecule has 3 N–H and O–H groups in total. The molecule has 4 heteroatoms. The third kappa shape index (κ3) is 4.16. The van der Waals surface area contributed by atoms with Gasteiger partial charge in [-0.15, -0.1) is 0 Å². The van der Waals surface area contributed by atoms with Crippen LogP contribution in [0.25, 0.3) is 0 Å². The van der Waals surface area contributed by atoms with Crippen LogP contribution in [0.4, 0.5) is 0 Å². The van der Waals surface area contributed by atoms with Gasteiger partial charge in [0.2, 0.25) is 5.91 Å². The molecule has 0 spiro atoms. The molecule has 1 amide bonds. The van der Waals surface area contributed by atoms with Gasteiger partial charge in [0.15, 0.2) is 0 Å². The maximum absolute atomic E-state index is 11.4. The minimum Gasteiger partial charge on any atom is -0.469 e. The Balaban J connectivity index is 2.17. The van der Waals surface area contributed by atoms with Crippen LogP contribution >= 0.6 is 0 Å². The van der Waals surface area contributed by atoms with Crippen molar-refractivity contribution in [1.82, 2.24) is 5.32 Å². The molecule has 0 fully saturated rings. The highest BCUT2D eigenvalue weighted by Gasteiger charge is 2.10. The summed E-state index contributed by atoms with van der Waals surface area (Å²) >= 11 is 0. The van der Waals surface area contributed by atoms with Crippen LogP contribution < -0.4 is 11.1 Å². The van der Waals surface area contributed by atoms with E-state index in [1.807, 2.05) is 19.1 Å². The largest absolute Gasteiger partial charge is 0.469 e. The highest BCUT2D eigenvalue weighted by atomic mass is 16.3. The third-order valence-corrected chi connectivity index (χ3v) is 2.19. The Bertz CT molecular complexity index is 283. The molecule has 4 nitrogen and oxygen atoms in total. The first-order valence-corrected chi connectivity index (χ1v) is 5.29. The molecule has 0 aliphatic rings. The molecule has 1 aromatic rings. The molecule has 1 atom stereocenters. The van der Waals surface area contributed by atoms with E-state index in [4.69, 9.17) is 10.2 Å². The number of rotatable bonds is 6. The summed E-state index contributed by atoms with van der Waals surface area (Å²) in [5.74, 6) is 0.794. The maximum Gasteiger partial charge on any atom is 0.236 e. The summed E-state index contributed by atoms with van der Waals surface area (Å²) in [6.07, 6.45) is 3.98. The molecule has 15 heavy (non-hydrogen) atoms. The fourth-order valence-corrected chi connectivity index (χ4v) is 1.34. The number of carbonyl (C=O) groups excluding carboxylic acids is 1. The quantitative estimate of drug-likeness (QED) is 0.737. The van der Waals surface area contributed by atoms with Crippen molar-refractivity contribution in [2.45, 2.75) is 32.2 Å². The molecule has 1 heterocycles. The van der Waals surface area contributed by atoms with E-state index in [0.29, 0.717) is 13.0 Å². The highest BCUT2D eigenvalue weighted by molar-refractivity contribution is 5.81. The van der Waals surface area contributed by atoms with Crippen molar-refractivity contribution in [2.75, 3.05) is 6.54 Å². The molecule has 0 aliphatic carbocycles. The summed E-state index contributed by atoms with van der Waals surface area (Å²) in [4.78, 5) is 11.4. The van der Waals surface area contributed by atoms with Crippen molar-refractivity contribution in [3.63, 3.8) is 0 Å². The van der Waals surface area contributed by atoms with Crippen LogP contribution in [0.15, 0.2) is 22.8 Å². The van der Waals surface area contributed by atoms with Gasteiger partial charge in [0.25, 0.3) is 0 Å². The van der Waals surface area contributed by atoms with E-state index in [1.54, 1.807) is 6.26 Å². The van der Waals surface area contributed by atoms with Gasteiger partial charge >= 0.3 is 0 Å². The van der Waals surface area contributed by atoms with Crippen molar-refractivity contribution >= 4 is 5.91 Å². The van der Waals surface area contributed by atoms with Gasteiger partial charge in [0.05, 0.1) is 12.3 Å². The second-order valence-electron chi connectivity index (χ2n) is 3.52. The van der Waals surface area contributed by atoms with E-state index in [2.05, 4.69) is 5.32 Å². The van der Waals surface area contributed by atoms with Gasteiger partial charge in [-0.25, -0.2) is 0 Å². The van der Waals surface area contributed by atoms with Crippen molar-refractivity contribution in [3.8, 4) is 0 Å². The first-order valence-electron chi connectivity index (χ1n) is 5.29. The molecule has 1 aromatic heterocycles. The fraction of sp³-hybridized carbons (Fsp3) is 0.545. The Labute approximate surface area is 89.8 Å². The van der Waals surface area contributed by atoms with Crippen molar-refractivity contribution in [1.29, 1.82) is 0 Å². The SMILES string of the molecule is CCCC(N)C(=O)NCCc1ccco1. The lowest BCUT2D eigenvalue weighted by Crippen LogP contribution is -2.41. The Morgan fingerprint density at radius 1 is 1.67 bits per heavy atom. The van der Waals surface area contributed by atoms with E-state index >= 15 is 0 Å². The summed E-state index contributed by atoms with van der Waals surface area (Å²) in [5.41, 5.74) is 5.65. The number of nitrogens with two attached hydrogens (primary N) is 1. The summed E-state index contributed by atoms with van der Waals surface area (Å²) in [6, 6.07) is 3.34. The standard InChI is InChI=1S/C11H18N2O2/c1-2-4-10(12)11(14)13-7-6-9-5-3-8-15-9/h3,5,8,10H,2,4,6-7,12H2,1H3,(H,13,14). The van der Waals surface area contributed by atoms with E-state index in [9.17, 15) is 4.79 Å². The lowest BCUT2D eigenvalue weighted by molar-refractivity contribution is -0.122. The zero-order valence-electron chi connectivity index (χ0n) is 9.03. The number of nitrogens with one attached hydrogen (secondary N) is 1. The minimum absolute atomic E-state index is 0.0802. The summed E-state index contributed by atoms with van der Waals surface area (Å²) in [5, 5.41) is 2.78. The summed E-state index contributed by atoms with van der Waals surface area (Å²) in [7, 11) is 0. The third-order valence-electron chi connectivity index (χ3n) is 2.19. The monoisotopic (exact) mass is 210 g/mol. The molecular formula is C11H18N2O2. The number of furan rings is 1. The molecule has 0 saturated heterocycles. The average molecular weight is 210 g/mol. The first-order chi connectivity index (χ1) is 7.24. The van der Waals surface area contributed by atoms with Crippen LogP contribution in [0.1, 0.15) is 25.5 Å². The molecule has 1 unspecified atom stereocenters. The molecule has 0 saturated carbocycles. The normalized spacial score (nSPS) is 12.4. The van der Waals surface area contributed by atoms with Gasteiger partial charge in [-0.1, -0.05) is 13.3 Å². The Morgan fingerprint density at radius 3 is 3.07 bits per heavy atom.